The van der Waals surface area contributed by atoms with E-state index in [2.05, 4.69) is 58.0 Å². The zero-order valence-corrected chi connectivity index (χ0v) is 12.4. The molecular weight excluding hydrogens is 216 g/mol. The van der Waals surface area contributed by atoms with E-state index in [1.54, 1.807) is 0 Å². The van der Waals surface area contributed by atoms with Crippen LogP contribution in [-0.4, -0.2) is 0 Å². The summed E-state index contributed by atoms with van der Waals surface area (Å²) in [7, 11) is 0. The second kappa shape index (κ2) is 5.47. The van der Waals surface area contributed by atoms with E-state index in [4.69, 9.17) is 0 Å². The molecule has 1 fully saturated rings. The zero-order chi connectivity index (χ0) is 13.2. The van der Waals surface area contributed by atoms with Gasteiger partial charge in [0.25, 0.3) is 0 Å². The Bertz CT molecular complexity index is 361. The van der Waals surface area contributed by atoms with E-state index in [-0.39, 0.29) is 0 Å². The molecule has 1 aliphatic carbocycles. The van der Waals surface area contributed by atoms with Gasteiger partial charge in [0.2, 0.25) is 0 Å². The topological polar surface area (TPSA) is 0 Å². The molecule has 0 heterocycles. The van der Waals surface area contributed by atoms with Crippen LogP contribution in [-0.2, 0) is 5.41 Å². The van der Waals surface area contributed by atoms with Crippen molar-refractivity contribution in [2.75, 3.05) is 0 Å². The molecule has 2 rings (SSSR count). The van der Waals surface area contributed by atoms with Crippen LogP contribution in [0.3, 0.4) is 0 Å². The molecule has 0 radical (unpaired) electrons. The van der Waals surface area contributed by atoms with E-state index in [0.717, 1.165) is 17.8 Å². The summed E-state index contributed by atoms with van der Waals surface area (Å²) in [4.78, 5) is 0. The molecular formula is C18H28. The standard InChI is InChI=1S/C18H28/c1-14(2)15-9-8-12-17(13-15)18(3,4)16-10-6-5-7-11-16/h5-7,10-11,14-15,17H,8-9,12-13H2,1-4H3. The molecule has 1 aliphatic rings. The first-order valence-corrected chi connectivity index (χ1v) is 7.57. The maximum absolute atomic E-state index is 2.44. The van der Waals surface area contributed by atoms with Crippen LogP contribution in [0.25, 0.3) is 0 Å². The Morgan fingerprint density at radius 3 is 2.33 bits per heavy atom. The fraction of sp³-hybridized carbons (Fsp3) is 0.667. The highest BCUT2D eigenvalue weighted by molar-refractivity contribution is 5.24. The summed E-state index contributed by atoms with van der Waals surface area (Å²) in [5.74, 6) is 2.63. The lowest BCUT2D eigenvalue weighted by molar-refractivity contribution is 0.155. The first-order chi connectivity index (χ1) is 8.51. The summed E-state index contributed by atoms with van der Waals surface area (Å²) in [6.45, 7) is 9.66. The quantitative estimate of drug-likeness (QED) is 0.665. The van der Waals surface area contributed by atoms with E-state index in [9.17, 15) is 0 Å². The minimum atomic E-state index is 0.328. The Morgan fingerprint density at radius 2 is 1.72 bits per heavy atom. The number of benzene rings is 1. The van der Waals surface area contributed by atoms with Crippen LogP contribution in [0, 0.1) is 17.8 Å². The largest absolute Gasteiger partial charge is 0.0625 e. The molecule has 1 aromatic rings. The fourth-order valence-corrected chi connectivity index (χ4v) is 3.59. The van der Waals surface area contributed by atoms with Crippen LogP contribution in [0.15, 0.2) is 30.3 Å². The van der Waals surface area contributed by atoms with Crippen LogP contribution in [0.2, 0.25) is 0 Å². The lowest BCUT2D eigenvalue weighted by Gasteiger charge is -2.41. The first-order valence-electron chi connectivity index (χ1n) is 7.57. The van der Waals surface area contributed by atoms with E-state index in [0.29, 0.717) is 5.41 Å². The third kappa shape index (κ3) is 2.79. The van der Waals surface area contributed by atoms with Gasteiger partial charge in [0.05, 0.1) is 0 Å². The second-order valence-electron chi connectivity index (χ2n) is 6.96. The molecule has 2 atom stereocenters. The molecule has 0 bridgehead atoms. The van der Waals surface area contributed by atoms with Crippen LogP contribution in [0.5, 0.6) is 0 Å². The predicted molar refractivity (Wildman–Crippen MR) is 79.8 cm³/mol. The summed E-state index contributed by atoms with van der Waals surface area (Å²) >= 11 is 0. The fourth-order valence-electron chi connectivity index (χ4n) is 3.59. The molecule has 1 aromatic carbocycles. The molecule has 18 heavy (non-hydrogen) atoms. The molecule has 0 saturated heterocycles. The Balaban J connectivity index is 2.15. The molecule has 100 valence electrons. The SMILES string of the molecule is CC(C)C1CCCC(C(C)(C)c2ccccc2)C1. The highest BCUT2D eigenvalue weighted by Crippen LogP contribution is 2.44. The summed E-state index contributed by atoms with van der Waals surface area (Å²) < 4.78 is 0. The van der Waals surface area contributed by atoms with Gasteiger partial charge in [-0.25, -0.2) is 0 Å². The molecule has 0 nitrogen and oxygen atoms in total. The molecule has 0 aromatic heterocycles. The average molecular weight is 244 g/mol. The van der Waals surface area contributed by atoms with Gasteiger partial charge in [-0.2, -0.15) is 0 Å². The Kier molecular flexibility index (Phi) is 4.14. The molecule has 2 unspecified atom stereocenters. The number of hydrogen-bond donors (Lipinski definition) is 0. The van der Waals surface area contributed by atoms with Gasteiger partial charge in [0.15, 0.2) is 0 Å². The monoisotopic (exact) mass is 244 g/mol. The van der Waals surface area contributed by atoms with E-state index < -0.39 is 0 Å². The van der Waals surface area contributed by atoms with Gasteiger partial charge in [-0.05, 0) is 41.6 Å². The van der Waals surface area contributed by atoms with Gasteiger partial charge >= 0.3 is 0 Å². The Morgan fingerprint density at radius 1 is 1.06 bits per heavy atom. The van der Waals surface area contributed by atoms with Crippen molar-refractivity contribution in [1.82, 2.24) is 0 Å². The van der Waals surface area contributed by atoms with Gasteiger partial charge in [-0.15, -0.1) is 0 Å². The molecule has 0 N–H and O–H groups in total. The molecule has 1 saturated carbocycles. The van der Waals surface area contributed by atoms with Crippen molar-refractivity contribution in [2.24, 2.45) is 17.8 Å². The summed E-state index contributed by atoms with van der Waals surface area (Å²) in [6.07, 6.45) is 5.69. The van der Waals surface area contributed by atoms with Crippen molar-refractivity contribution in [2.45, 2.75) is 58.8 Å². The third-order valence-electron chi connectivity index (χ3n) is 5.20. The molecule has 0 aliphatic heterocycles. The highest BCUT2D eigenvalue weighted by atomic mass is 14.4. The average Bonchev–Trinajstić information content (AvgIpc) is 2.40. The molecule has 0 heteroatoms. The van der Waals surface area contributed by atoms with E-state index in [1.807, 2.05) is 0 Å². The molecule has 0 spiro atoms. The smallest absolute Gasteiger partial charge is 0.00752 e. The lowest BCUT2D eigenvalue weighted by Crippen LogP contribution is -2.34. The Labute approximate surface area is 113 Å². The third-order valence-corrected chi connectivity index (χ3v) is 5.20. The molecule has 0 amide bonds. The predicted octanol–water partition coefficient (Wildman–Crippen LogP) is 5.43. The van der Waals surface area contributed by atoms with Gasteiger partial charge in [-0.1, -0.05) is 70.9 Å². The normalized spacial score (nSPS) is 25.4. The maximum atomic E-state index is 2.44. The van der Waals surface area contributed by atoms with Gasteiger partial charge in [0, 0.05) is 0 Å². The summed E-state index contributed by atoms with van der Waals surface area (Å²) in [5, 5.41) is 0. The van der Waals surface area contributed by atoms with Gasteiger partial charge < -0.3 is 0 Å². The number of rotatable bonds is 3. The van der Waals surface area contributed by atoms with Crippen molar-refractivity contribution < 1.29 is 0 Å². The van der Waals surface area contributed by atoms with Gasteiger partial charge in [0.1, 0.15) is 0 Å². The lowest BCUT2D eigenvalue weighted by atomic mass is 9.63. The van der Waals surface area contributed by atoms with Crippen LogP contribution < -0.4 is 0 Å². The van der Waals surface area contributed by atoms with Gasteiger partial charge in [-0.3, -0.25) is 0 Å². The number of hydrogen-bond acceptors (Lipinski definition) is 0. The van der Waals surface area contributed by atoms with E-state index in [1.165, 1.54) is 31.2 Å². The van der Waals surface area contributed by atoms with Crippen molar-refractivity contribution in [3.05, 3.63) is 35.9 Å². The van der Waals surface area contributed by atoms with Crippen LogP contribution in [0.4, 0.5) is 0 Å². The maximum Gasteiger partial charge on any atom is -0.00752 e. The minimum Gasteiger partial charge on any atom is -0.0625 e. The summed E-state index contributed by atoms with van der Waals surface area (Å²) in [5.41, 5.74) is 1.84. The van der Waals surface area contributed by atoms with Crippen molar-refractivity contribution in [3.63, 3.8) is 0 Å². The summed E-state index contributed by atoms with van der Waals surface area (Å²) in [6, 6.07) is 11.1. The Hall–Kier alpha value is -0.780. The zero-order valence-electron chi connectivity index (χ0n) is 12.4. The first kappa shape index (κ1) is 13.6. The van der Waals surface area contributed by atoms with E-state index >= 15 is 0 Å². The second-order valence-corrected chi connectivity index (χ2v) is 6.96. The highest BCUT2D eigenvalue weighted by Gasteiger charge is 2.35. The van der Waals surface area contributed by atoms with Crippen molar-refractivity contribution in [3.8, 4) is 0 Å². The van der Waals surface area contributed by atoms with Crippen molar-refractivity contribution in [1.29, 1.82) is 0 Å². The van der Waals surface area contributed by atoms with Crippen molar-refractivity contribution >= 4 is 0 Å². The van der Waals surface area contributed by atoms with Crippen LogP contribution in [0.1, 0.15) is 58.9 Å². The minimum absolute atomic E-state index is 0.328. The van der Waals surface area contributed by atoms with Crippen LogP contribution >= 0.6 is 0 Å².